The molecule has 1 atom stereocenters. The smallest absolute Gasteiger partial charge is 0.220 e. The number of pyridine rings is 1. The molecule has 3 nitrogen and oxygen atoms in total. The molecule has 1 saturated heterocycles. The molecule has 2 heterocycles. The fraction of sp³-hybridized carbons (Fsp3) is 0.333. The lowest BCUT2D eigenvalue weighted by atomic mass is 10.0. The van der Waals surface area contributed by atoms with Gasteiger partial charge in [-0.05, 0) is 11.6 Å². The molecule has 1 aromatic heterocycles. The van der Waals surface area contributed by atoms with E-state index in [4.69, 9.17) is 23.2 Å². The Morgan fingerprint density at radius 3 is 2.80 bits per heavy atom. The van der Waals surface area contributed by atoms with Crippen molar-refractivity contribution in [3.63, 3.8) is 0 Å². The molecule has 80 valence electrons. The van der Waals surface area contributed by atoms with E-state index in [1.165, 1.54) is 6.07 Å². The number of aromatic nitrogens is 1. The van der Waals surface area contributed by atoms with Crippen molar-refractivity contribution in [1.82, 2.24) is 10.3 Å². The monoisotopic (exact) mass is 248 g/mol. The van der Waals surface area contributed by atoms with Gasteiger partial charge in [-0.3, -0.25) is 4.79 Å². The zero-order chi connectivity index (χ0) is 11.0. The number of carbonyl (C=O) groups is 1. The number of nitrogens with zero attached hydrogens (tertiary/aromatic N) is 1. The lowest BCUT2D eigenvalue weighted by Crippen LogP contribution is -2.13. The summed E-state index contributed by atoms with van der Waals surface area (Å²) in [5.41, 5.74) is 0.525. The molecule has 1 aromatic rings. The summed E-state index contributed by atoms with van der Waals surface area (Å²) < 4.78 is 13.2. The molecular weight excluding hydrogens is 242 g/mol. The Hall–Kier alpha value is -0.870. The van der Waals surface area contributed by atoms with Gasteiger partial charge in [0, 0.05) is 18.9 Å². The van der Waals surface area contributed by atoms with Gasteiger partial charge in [0.05, 0.1) is 0 Å². The molecule has 0 radical (unpaired) electrons. The molecule has 0 bridgehead atoms. The Morgan fingerprint density at radius 2 is 2.20 bits per heavy atom. The summed E-state index contributed by atoms with van der Waals surface area (Å²) in [4.78, 5) is 14.7. The van der Waals surface area contributed by atoms with Gasteiger partial charge < -0.3 is 5.32 Å². The van der Waals surface area contributed by atoms with E-state index >= 15 is 0 Å². The van der Waals surface area contributed by atoms with Crippen LogP contribution in [0.15, 0.2) is 6.07 Å². The van der Waals surface area contributed by atoms with Crippen LogP contribution >= 0.6 is 23.2 Å². The van der Waals surface area contributed by atoms with Gasteiger partial charge in [0.1, 0.15) is 5.15 Å². The number of carbonyl (C=O) groups excluding carboxylic acids is 1. The zero-order valence-corrected chi connectivity index (χ0v) is 9.07. The molecule has 0 saturated carbocycles. The minimum Gasteiger partial charge on any atom is -0.355 e. The largest absolute Gasteiger partial charge is 0.355 e. The van der Waals surface area contributed by atoms with Gasteiger partial charge in [0.2, 0.25) is 5.91 Å². The van der Waals surface area contributed by atoms with Gasteiger partial charge >= 0.3 is 0 Å². The normalized spacial score (nSPS) is 20.5. The lowest BCUT2D eigenvalue weighted by molar-refractivity contribution is -0.119. The van der Waals surface area contributed by atoms with Gasteiger partial charge in [0.15, 0.2) is 11.0 Å². The van der Waals surface area contributed by atoms with Crippen molar-refractivity contribution in [1.29, 1.82) is 0 Å². The van der Waals surface area contributed by atoms with E-state index in [2.05, 4.69) is 10.3 Å². The minimum absolute atomic E-state index is 0.0635. The van der Waals surface area contributed by atoms with Gasteiger partial charge in [-0.15, -0.1) is 0 Å². The maximum Gasteiger partial charge on any atom is 0.220 e. The molecular formula is C9H7Cl2FN2O. The average molecular weight is 249 g/mol. The molecule has 1 fully saturated rings. The van der Waals surface area contributed by atoms with E-state index in [0.29, 0.717) is 18.5 Å². The predicted octanol–water partition coefficient (Wildman–Crippen LogP) is 2.13. The predicted molar refractivity (Wildman–Crippen MR) is 54.6 cm³/mol. The van der Waals surface area contributed by atoms with Crippen LogP contribution in [0.5, 0.6) is 0 Å². The lowest BCUT2D eigenvalue weighted by Gasteiger charge is -2.09. The molecule has 0 aliphatic carbocycles. The summed E-state index contributed by atoms with van der Waals surface area (Å²) in [6.07, 6.45) is 0.308. The Morgan fingerprint density at radius 1 is 1.47 bits per heavy atom. The third kappa shape index (κ3) is 2.06. The Kier molecular flexibility index (Phi) is 2.80. The topological polar surface area (TPSA) is 42.0 Å². The fourth-order valence-electron chi connectivity index (χ4n) is 1.57. The molecule has 0 aromatic carbocycles. The van der Waals surface area contributed by atoms with Gasteiger partial charge in [0.25, 0.3) is 0 Å². The van der Waals surface area contributed by atoms with Crippen molar-refractivity contribution in [2.45, 2.75) is 12.3 Å². The van der Waals surface area contributed by atoms with Crippen molar-refractivity contribution >= 4 is 29.1 Å². The summed E-state index contributed by atoms with van der Waals surface area (Å²) in [6, 6.07) is 1.24. The maximum absolute atomic E-state index is 13.2. The van der Waals surface area contributed by atoms with Gasteiger partial charge in [-0.2, -0.15) is 0 Å². The number of hydrogen-bond donors (Lipinski definition) is 1. The second kappa shape index (κ2) is 3.94. The van der Waals surface area contributed by atoms with Crippen LogP contribution in [0.25, 0.3) is 0 Å². The molecule has 0 spiro atoms. The molecule has 15 heavy (non-hydrogen) atoms. The van der Waals surface area contributed by atoms with Crippen molar-refractivity contribution < 1.29 is 9.18 Å². The summed E-state index contributed by atoms with van der Waals surface area (Å²) in [7, 11) is 0. The van der Waals surface area contributed by atoms with Gasteiger partial charge in [-0.25, -0.2) is 9.37 Å². The highest BCUT2D eigenvalue weighted by Crippen LogP contribution is 2.30. The third-order valence-corrected chi connectivity index (χ3v) is 2.90. The second-order valence-electron chi connectivity index (χ2n) is 3.35. The average Bonchev–Trinajstić information content (AvgIpc) is 2.58. The Labute approximate surface area is 95.6 Å². The van der Waals surface area contributed by atoms with Crippen molar-refractivity contribution in [3.8, 4) is 0 Å². The summed E-state index contributed by atoms with van der Waals surface area (Å²) in [5.74, 6) is -0.800. The van der Waals surface area contributed by atoms with Crippen LogP contribution in [-0.2, 0) is 4.79 Å². The molecule has 1 amide bonds. The first-order valence-electron chi connectivity index (χ1n) is 4.36. The minimum atomic E-state index is -0.615. The second-order valence-corrected chi connectivity index (χ2v) is 4.06. The zero-order valence-electron chi connectivity index (χ0n) is 7.56. The fourth-order valence-corrected chi connectivity index (χ4v) is 2.05. The van der Waals surface area contributed by atoms with Crippen molar-refractivity contribution in [2.75, 3.05) is 6.54 Å². The van der Waals surface area contributed by atoms with E-state index in [1.807, 2.05) is 0 Å². The van der Waals surface area contributed by atoms with E-state index in [-0.39, 0.29) is 22.1 Å². The van der Waals surface area contributed by atoms with Crippen LogP contribution < -0.4 is 5.32 Å². The first kappa shape index (κ1) is 10.6. The van der Waals surface area contributed by atoms with Gasteiger partial charge in [-0.1, -0.05) is 23.2 Å². The first-order chi connectivity index (χ1) is 7.08. The molecule has 1 unspecified atom stereocenters. The maximum atomic E-state index is 13.2. The molecule has 6 heteroatoms. The number of amides is 1. The molecule has 1 aliphatic rings. The number of hydrogen-bond acceptors (Lipinski definition) is 2. The van der Waals surface area contributed by atoms with Crippen LogP contribution in [0.4, 0.5) is 4.39 Å². The van der Waals surface area contributed by atoms with Crippen LogP contribution in [0, 0.1) is 5.82 Å². The summed E-state index contributed by atoms with van der Waals surface area (Å²) >= 11 is 11.3. The number of nitrogens with one attached hydrogen (secondary N) is 1. The van der Waals surface area contributed by atoms with E-state index < -0.39 is 5.82 Å². The highest BCUT2D eigenvalue weighted by molar-refractivity contribution is 6.33. The Balaban J connectivity index is 2.36. The van der Waals surface area contributed by atoms with E-state index in [0.717, 1.165) is 0 Å². The summed E-state index contributed by atoms with van der Waals surface area (Å²) in [5, 5.41) is 2.56. The van der Waals surface area contributed by atoms with E-state index in [9.17, 15) is 9.18 Å². The third-order valence-electron chi connectivity index (χ3n) is 2.33. The van der Waals surface area contributed by atoms with Crippen molar-refractivity contribution in [2.24, 2.45) is 0 Å². The van der Waals surface area contributed by atoms with E-state index in [1.54, 1.807) is 0 Å². The van der Waals surface area contributed by atoms with Crippen LogP contribution in [-0.4, -0.2) is 17.4 Å². The summed E-state index contributed by atoms with van der Waals surface area (Å²) in [6.45, 7) is 0.460. The highest BCUT2D eigenvalue weighted by atomic mass is 35.5. The molecule has 1 N–H and O–H groups in total. The van der Waals surface area contributed by atoms with Crippen LogP contribution in [0.2, 0.25) is 10.3 Å². The number of halogens is 3. The van der Waals surface area contributed by atoms with Crippen molar-refractivity contribution in [3.05, 3.63) is 27.8 Å². The SMILES string of the molecule is O=C1CC(c2cc(F)c(Cl)nc2Cl)CN1. The quantitative estimate of drug-likeness (QED) is 0.774. The highest BCUT2D eigenvalue weighted by Gasteiger charge is 2.26. The number of rotatable bonds is 1. The van der Waals surface area contributed by atoms with Crippen LogP contribution in [0.1, 0.15) is 17.9 Å². The Bertz CT molecular complexity index is 425. The standard InChI is InChI=1S/C9H7Cl2FN2O/c10-8-5(2-6(12)9(11)14-8)4-1-7(15)13-3-4/h2,4H,1,3H2,(H,13,15). The van der Waals surface area contributed by atoms with Crippen LogP contribution in [0.3, 0.4) is 0 Å². The molecule has 2 rings (SSSR count). The molecule has 1 aliphatic heterocycles. The first-order valence-corrected chi connectivity index (χ1v) is 5.11.